The summed E-state index contributed by atoms with van der Waals surface area (Å²) in [5.41, 5.74) is -2.07. The Balaban J connectivity index is 2.30. The summed E-state index contributed by atoms with van der Waals surface area (Å²) in [7, 11) is 0. The Kier molecular flexibility index (Phi) is 8.17. The van der Waals surface area contributed by atoms with Crippen LogP contribution in [-0.2, 0) is 16.0 Å². The van der Waals surface area contributed by atoms with Gasteiger partial charge in [0.05, 0.1) is 11.0 Å². The third kappa shape index (κ3) is 5.19. The number of hydrogen-bond acceptors (Lipinski definition) is 8. The highest BCUT2D eigenvalue weighted by Gasteiger charge is 2.46. The Labute approximate surface area is 235 Å². The summed E-state index contributed by atoms with van der Waals surface area (Å²) in [6.07, 6.45) is 5.39. The lowest BCUT2D eigenvalue weighted by Crippen LogP contribution is -2.38. The van der Waals surface area contributed by atoms with E-state index >= 15 is 0 Å². The highest BCUT2D eigenvalue weighted by Crippen LogP contribution is 2.50. The van der Waals surface area contributed by atoms with Crippen LogP contribution in [0.5, 0.6) is 17.2 Å². The lowest BCUT2D eigenvalue weighted by Gasteiger charge is -2.34. The van der Waals surface area contributed by atoms with E-state index in [2.05, 4.69) is 0 Å². The van der Waals surface area contributed by atoms with Crippen molar-refractivity contribution in [1.82, 2.24) is 0 Å². The Morgan fingerprint density at radius 3 is 2.05 bits per heavy atom. The van der Waals surface area contributed by atoms with Gasteiger partial charge in [-0.1, -0.05) is 39.3 Å². The molecule has 0 saturated heterocycles. The number of ketones is 3. The van der Waals surface area contributed by atoms with Crippen LogP contribution in [0, 0.1) is 17.3 Å². The number of rotatable bonds is 8. The predicted octanol–water partition coefficient (Wildman–Crippen LogP) is 6.46. The maximum atomic E-state index is 13.4. The number of aliphatic hydroxyl groups is 2. The highest BCUT2D eigenvalue weighted by molar-refractivity contribution is 6.24. The third-order valence-corrected chi connectivity index (χ3v) is 7.48. The summed E-state index contributed by atoms with van der Waals surface area (Å²) in [6, 6.07) is 0. The Morgan fingerprint density at radius 2 is 1.52 bits per heavy atom. The van der Waals surface area contributed by atoms with Crippen molar-refractivity contribution in [2.75, 3.05) is 0 Å². The highest BCUT2D eigenvalue weighted by atomic mass is 16.5. The SMILES string of the molecule is CC(C)=CC[C@@]1(C)C=Cc2c(O)c(CC3=C(O)C(C)(C)C(=O)C(C(=O)C(C)C)=C3O)c(O)c(C(=O)C(C)C)c2O1. The number of phenols is 2. The van der Waals surface area contributed by atoms with Crippen LogP contribution in [0.4, 0.5) is 0 Å². The number of Topliss-reactive ketones (excluding diaryl/α,β-unsaturated/α-hetero) is 3. The fraction of sp³-hybridized carbons (Fsp3) is 0.469. The van der Waals surface area contributed by atoms with Gasteiger partial charge in [0.15, 0.2) is 17.3 Å². The zero-order valence-electron chi connectivity index (χ0n) is 24.7. The average Bonchev–Trinajstić information content (AvgIpc) is 2.86. The molecule has 2 aliphatic rings. The number of benzene rings is 1. The van der Waals surface area contributed by atoms with Crippen molar-refractivity contribution in [3.63, 3.8) is 0 Å². The van der Waals surface area contributed by atoms with Gasteiger partial charge in [-0.15, -0.1) is 0 Å². The number of ether oxygens (including phenoxy) is 1. The number of hydrogen-bond donors (Lipinski definition) is 4. The summed E-state index contributed by atoms with van der Waals surface area (Å²) in [4.78, 5) is 39.4. The van der Waals surface area contributed by atoms with Crippen molar-refractivity contribution in [1.29, 1.82) is 0 Å². The summed E-state index contributed by atoms with van der Waals surface area (Å²) < 4.78 is 6.26. The molecule has 0 bridgehead atoms. The van der Waals surface area contributed by atoms with Crippen LogP contribution < -0.4 is 4.74 Å². The molecule has 0 fully saturated rings. The molecule has 0 radical (unpaired) electrons. The summed E-state index contributed by atoms with van der Waals surface area (Å²) >= 11 is 0. The van der Waals surface area contributed by atoms with E-state index < -0.39 is 75.2 Å². The number of carbonyl (C=O) groups excluding carboxylic acids is 3. The number of phenolic OH excluding ortho intramolecular Hbond substituents is 2. The van der Waals surface area contributed by atoms with Crippen LogP contribution in [-0.4, -0.2) is 43.4 Å². The second-order valence-corrected chi connectivity index (χ2v) is 12.2. The zero-order valence-corrected chi connectivity index (χ0v) is 24.7. The largest absolute Gasteiger partial charge is 0.511 e. The molecule has 0 amide bonds. The average molecular weight is 553 g/mol. The lowest BCUT2D eigenvalue weighted by molar-refractivity contribution is -0.128. The van der Waals surface area contributed by atoms with Gasteiger partial charge in [-0.3, -0.25) is 14.4 Å². The number of aliphatic hydroxyl groups excluding tert-OH is 2. The molecule has 1 aromatic carbocycles. The molecule has 1 aromatic rings. The second-order valence-electron chi connectivity index (χ2n) is 12.2. The molecule has 8 nitrogen and oxygen atoms in total. The minimum Gasteiger partial charge on any atom is -0.511 e. The van der Waals surface area contributed by atoms with Crippen molar-refractivity contribution in [2.45, 2.75) is 80.8 Å². The number of aromatic hydroxyl groups is 2. The number of carbonyl (C=O) groups is 3. The first kappa shape index (κ1) is 30.7. The first-order valence-corrected chi connectivity index (χ1v) is 13.5. The van der Waals surface area contributed by atoms with Crippen molar-refractivity contribution in [3.8, 4) is 17.2 Å². The van der Waals surface area contributed by atoms with E-state index in [0.29, 0.717) is 6.42 Å². The monoisotopic (exact) mass is 552 g/mol. The summed E-state index contributed by atoms with van der Waals surface area (Å²) in [6.45, 7) is 15.1. The van der Waals surface area contributed by atoms with E-state index in [1.807, 2.05) is 26.8 Å². The smallest absolute Gasteiger partial charge is 0.183 e. The van der Waals surface area contributed by atoms with E-state index in [9.17, 15) is 34.8 Å². The topological polar surface area (TPSA) is 141 Å². The van der Waals surface area contributed by atoms with Crippen molar-refractivity contribution < 1.29 is 39.5 Å². The minimum atomic E-state index is -1.55. The summed E-state index contributed by atoms with van der Waals surface area (Å²) in [5.74, 6) is -5.04. The standard InChI is InChI=1S/C32H40O8/c1-15(2)10-12-32(9)13-11-18-25(35)19(26(36)21(28(18)40-32)23(33)16(3)4)14-20-27(37)22(24(34)17(5)6)30(39)31(7,8)29(20)38/h10-11,13,16-17,35-38H,12,14H2,1-9H3/t32-/m0/s1. The van der Waals surface area contributed by atoms with Crippen LogP contribution in [0.15, 0.2) is 40.4 Å². The van der Waals surface area contributed by atoms with Gasteiger partial charge in [0.2, 0.25) is 0 Å². The molecule has 1 heterocycles. The normalized spacial score (nSPS) is 20.1. The van der Waals surface area contributed by atoms with Crippen molar-refractivity contribution >= 4 is 23.4 Å². The molecule has 1 atom stereocenters. The van der Waals surface area contributed by atoms with Gasteiger partial charge in [0.25, 0.3) is 0 Å². The Hall–Kier alpha value is -3.81. The fourth-order valence-corrected chi connectivity index (χ4v) is 4.79. The van der Waals surface area contributed by atoms with Gasteiger partial charge in [0.1, 0.15) is 45.5 Å². The van der Waals surface area contributed by atoms with Gasteiger partial charge in [0, 0.05) is 35.8 Å². The molecule has 0 spiro atoms. The molecule has 0 aromatic heterocycles. The van der Waals surface area contributed by atoms with Crippen molar-refractivity contribution in [2.24, 2.45) is 17.3 Å². The molecule has 0 saturated carbocycles. The molecule has 8 heteroatoms. The summed E-state index contributed by atoms with van der Waals surface area (Å²) in [5, 5.41) is 45.0. The third-order valence-electron chi connectivity index (χ3n) is 7.48. The molecule has 0 unspecified atom stereocenters. The molecular formula is C32H40O8. The maximum absolute atomic E-state index is 13.4. The maximum Gasteiger partial charge on any atom is 0.183 e. The minimum absolute atomic E-state index is 0.0393. The molecule has 4 N–H and O–H groups in total. The molecule has 40 heavy (non-hydrogen) atoms. The van der Waals surface area contributed by atoms with Crippen LogP contribution in [0.1, 0.15) is 90.2 Å². The van der Waals surface area contributed by atoms with Crippen LogP contribution in [0.25, 0.3) is 6.08 Å². The van der Waals surface area contributed by atoms with Crippen LogP contribution in [0.2, 0.25) is 0 Å². The van der Waals surface area contributed by atoms with Crippen LogP contribution in [0.3, 0.4) is 0 Å². The fourth-order valence-electron chi connectivity index (χ4n) is 4.79. The number of allylic oxidation sites excluding steroid dienone is 4. The lowest BCUT2D eigenvalue weighted by atomic mass is 9.72. The second kappa shape index (κ2) is 10.6. The van der Waals surface area contributed by atoms with Gasteiger partial charge in [-0.05, 0) is 46.8 Å². The van der Waals surface area contributed by atoms with E-state index in [0.717, 1.165) is 5.57 Å². The van der Waals surface area contributed by atoms with Crippen LogP contribution >= 0.6 is 0 Å². The van der Waals surface area contributed by atoms with Gasteiger partial charge < -0.3 is 25.2 Å². The van der Waals surface area contributed by atoms with E-state index in [1.54, 1.807) is 39.8 Å². The number of fused-ring (bicyclic) bond motifs is 1. The molecule has 1 aliphatic carbocycles. The van der Waals surface area contributed by atoms with Gasteiger partial charge in [-0.2, -0.15) is 0 Å². The first-order valence-electron chi connectivity index (χ1n) is 13.5. The molecule has 216 valence electrons. The van der Waals surface area contributed by atoms with Crippen molar-refractivity contribution in [3.05, 3.63) is 57.1 Å². The van der Waals surface area contributed by atoms with E-state index in [4.69, 9.17) is 4.74 Å². The quantitative estimate of drug-likeness (QED) is 0.164. The molecular weight excluding hydrogens is 512 g/mol. The van der Waals surface area contributed by atoms with E-state index in [1.165, 1.54) is 13.8 Å². The Morgan fingerprint density at radius 1 is 0.950 bits per heavy atom. The van der Waals surface area contributed by atoms with Gasteiger partial charge in [-0.25, -0.2) is 0 Å². The Bertz CT molecular complexity index is 1410. The first-order chi connectivity index (χ1) is 18.4. The van der Waals surface area contributed by atoms with E-state index in [-0.39, 0.29) is 28.0 Å². The predicted molar refractivity (Wildman–Crippen MR) is 153 cm³/mol. The van der Waals surface area contributed by atoms with Gasteiger partial charge >= 0.3 is 0 Å². The molecule has 3 rings (SSSR count). The zero-order chi connectivity index (χ0) is 30.5. The molecule has 1 aliphatic heterocycles.